The molecule has 7 nitrogen and oxygen atoms in total. The van der Waals surface area contributed by atoms with Crippen molar-refractivity contribution in [2.75, 3.05) is 13.2 Å². The van der Waals surface area contributed by atoms with Crippen molar-refractivity contribution in [3.63, 3.8) is 0 Å². The number of rotatable bonds is 4. The van der Waals surface area contributed by atoms with Crippen LogP contribution in [0, 0.1) is 13.8 Å². The summed E-state index contributed by atoms with van der Waals surface area (Å²) in [5, 5.41) is 0. The van der Waals surface area contributed by atoms with Crippen LogP contribution < -0.4 is 19.7 Å². The van der Waals surface area contributed by atoms with Crippen molar-refractivity contribution in [1.82, 2.24) is 10.3 Å². The van der Waals surface area contributed by atoms with E-state index in [1.165, 1.54) is 6.07 Å². The monoisotopic (exact) mass is 418 g/mol. The number of ether oxygens (including phenoxy) is 2. The molecule has 2 aromatic carbocycles. The smallest absolute Gasteiger partial charge is 0.266 e. The van der Waals surface area contributed by atoms with Gasteiger partial charge in [0.25, 0.3) is 15.9 Å². The lowest BCUT2D eigenvalue weighted by Crippen LogP contribution is -2.42. The van der Waals surface area contributed by atoms with E-state index in [0.29, 0.717) is 35.8 Å². The van der Waals surface area contributed by atoms with Gasteiger partial charge in [0.15, 0.2) is 11.5 Å². The summed E-state index contributed by atoms with van der Waals surface area (Å²) in [5.41, 5.74) is 4.72. The van der Waals surface area contributed by atoms with E-state index in [9.17, 15) is 13.2 Å². The van der Waals surface area contributed by atoms with Crippen LogP contribution in [0.4, 0.5) is 0 Å². The van der Waals surface area contributed by atoms with Gasteiger partial charge >= 0.3 is 0 Å². The van der Waals surface area contributed by atoms with Crippen molar-refractivity contribution in [3.8, 4) is 11.5 Å². The molecule has 0 aliphatic carbocycles. The number of nitrogens with one attached hydrogen (secondary N) is 2. The summed E-state index contributed by atoms with van der Waals surface area (Å²) in [5.74, 6) is 0.418. The van der Waals surface area contributed by atoms with Crippen molar-refractivity contribution in [2.24, 2.45) is 0 Å². The number of hydrazine groups is 1. The molecule has 3 rings (SSSR count). The zero-order valence-corrected chi connectivity index (χ0v) is 18.1. The highest BCUT2D eigenvalue weighted by Crippen LogP contribution is 2.31. The highest BCUT2D eigenvalue weighted by Gasteiger charge is 2.24. The summed E-state index contributed by atoms with van der Waals surface area (Å²) in [4.78, 5) is 14.8. The Morgan fingerprint density at radius 1 is 0.966 bits per heavy atom. The lowest BCUT2D eigenvalue weighted by molar-refractivity contribution is 0.0944. The second kappa shape index (κ2) is 7.68. The van der Waals surface area contributed by atoms with Crippen LogP contribution in [-0.2, 0) is 15.4 Å². The molecule has 0 fully saturated rings. The summed E-state index contributed by atoms with van der Waals surface area (Å²) >= 11 is 0. The number of carbonyl (C=O) groups is 1. The Morgan fingerprint density at radius 3 is 2.14 bits per heavy atom. The van der Waals surface area contributed by atoms with Crippen LogP contribution in [0.15, 0.2) is 35.2 Å². The molecule has 0 unspecified atom stereocenters. The Kier molecular flexibility index (Phi) is 5.60. The van der Waals surface area contributed by atoms with E-state index in [2.05, 4.69) is 31.0 Å². The minimum atomic E-state index is -3.94. The van der Waals surface area contributed by atoms with Gasteiger partial charge in [0.05, 0.1) is 4.90 Å². The molecule has 0 saturated carbocycles. The van der Waals surface area contributed by atoms with Gasteiger partial charge < -0.3 is 9.47 Å². The SMILES string of the molecule is Cc1cc(C(C)(C)C)cc(C)c1S(=O)(=O)NNC(=O)c1ccc2c(c1)OCCO2. The van der Waals surface area contributed by atoms with Crippen LogP contribution in [0.5, 0.6) is 11.5 Å². The molecule has 1 heterocycles. The number of amides is 1. The van der Waals surface area contributed by atoms with E-state index in [4.69, 9.17) is 9.47 Å². The van der Waals surface area contributed by atoms with Crippen LogP contribution in [0.1, 0.15) is 47.8 Å². The number of hydrogen-bond donors (Lipinski definition) is 2. The number of fused-ring (bicyclic) bond motifs is 1. The second-order valence-corrected chi connectivity index (χ2v) is 9.73. The third kappa shape index (κ3) is 4.54. The lowest BCUT2D eigenvalue weighted by Gasteiger charge is -2.22. The molecular formula is C21H26N2O5S. The summed E-state index contributed by atoms with van der Waals surface area (Å²) in [7, 11) is -3.94. The Hall–Kier alpha value is -2.58. The Morgan fingerprint density at radius 2 is 1.55 bits per heavy atom. The number of sulfonamides is 1. The number of carbonyl (C=O) groups excluding carboxylic acids is 1. The predicted molar refractivity (Wildman–Crippen MR) is 110 cm³/mol. The highest BCUT2D eigenvalue weighted by molar-refractivity contribution is 7.89. The molecule has 1 amide bonds. The Balaban J connectivity index is 1.79. The van der Waals surface area contributed by atoms with Gasteiger partial charge in [-0.2, -0.15) is 0 Å². The van der Waals surface area contributed by atoms with Crippen LogP contribution in [0.25, 0.3) is 0 Å². The van der Waals surface area contributed by atoms with E-state index < -0.39 is 15.9 Å². The normalized spacial score (nSPS) is 13.8. The highest BCUT2D eigenvalue weighted by atomic mass is 32.2. The molecule has 2 aromatic rings. The topological polar surface area (TPSA) is 93.7 Å². The van der Waals surface area contributed by atoms with E-state index in [0.717, 1.165) is 5.56 Å². The molecule has 0 aromatic heterocycles. The van der Waals surface area contributed by atoms with Gasteiger partial charge in [-0.25, -0.2) is 8.42 Å². The van der Waals surface area contributed by atoms with E-state index in [1.54, 1.807) is 26.0 Å². The zero-order chi connectivity index (χ0) is 21.4. The molecule has 0 bridgehead atoms. The molecule has 0 saturated heterocycles. The molecule has 0 spiro atoms. The molecule has 0 radical (unpaired) electrons. The van der Waals surface area contributed by atoms with E-state index in [1.807, 2.05) is 12.1 Å². The van der Waals surface area contributed by atoms with Gasteiger partial charge in [0.2, 0.25) is 0 Å². The van der Waals surface area contributed by atoms with Crippen molar-refractivity contribution >= 4 is 15.9 Å². The van der Waals surface area contributed by atoms with Crippen molar-refractivity contribution < 1.29 is 22.7 Å². The van der Waals surface area contributed by atoms with Crippen LogP contribution in [-0.4, -0.2) is 27.5 Å². The molecular weight excluding hydrogens is 392 g/mol. The maximum absolute atomic E-state index is 12.8. The first-order valence-corrected chi connectivity index (χ1v) is 10.8. The minimum absolute atomic E-state index is 0.0995. The standard InChI is InChI=1S/C21H26N2O5S/c1-13-10-16(21(3,4)5)11-14(2)19(13)29(25,26)23-22-20(24)15-6-7-17-18(12-15)28-9-8-27-17/h6-7,10-12,23H,8-9H2,1-5H3,(H,22,24). The maximum Gasteiger partial charge on any atom is 0.266 e. The largest absolute Gasteiger partial charge is 0.486 e. The average Bonchev–Trinajstić information content (AvgIpc) is 2.64. The molecule has 1 aliphatic heterocycles. The van der Waals surface area contributed by atoms with Gasteiger partial charge in [-0.05, 0) is 54.2 Å². The first-order valence-electron chi connectivity index (χ1n) is 9.32. The van der Waals surface area contributed by atoms with Crippen LogP contribution in [0.2, 0.25) is 0 Å². The maximum atomic E-state index is 12.8. The third-order valence-corrected chi connectivity index (χ3v) is 6.25. The van der Waals surface area contributed by atoms with Crippen molar-refractivity contribution in [1.29, 1.82) is 0 Å². The van der Waals surface area contributed by atoms with Crippen molar-refractivity contribution in [2.45, 2.75) is 44.9 Å². The fourth-order valence-corrected chi connectivity index (χ4v) is 4.52. The summed E-state index contributed by atoms with van der Waals surface area (Å²) in [6.07, 6.45) is 0. The third-order valence-electron chi connectivity index (χ3n) is 4.70. The molecule has 2 N–H and O–H groups in total. The fraction of sp³-hybridized carbons (Fsp3) is 0.381. The molecule has 0 atom stereocenters. The summed E-state index contributed by atoms with van der Waals surface area (Å²) in [6, 6.07) is 8.42. The lowest BCUT2D eigenvalue weighted by atomic mass is 9.85. The van der Waals surface area contributed by atoms with Gasteiger partial charge in [-0.3, -0.25) is 10.2 Å². The van der Waals surface area contributed by atoms with Gasteiger partial charge in [-0.1, -0.05) is 32.9 Å². The first-order chi connectivity index (χ1) is 13.5. The number of benzene rings is 2. The number of hydrogen-bond acceptors (Lipinski definition) is 5. The van der Waals surface area contributed by atoms with Crippen LogP contribution >= 0.6 is 0 Å². The van der Waals surface area contributed by atoms with Crippen molar-refractivity contribution in [3.05, 3.63) is 52.6 Å². The number of aryl methyl sites for hydroxylation is 2. The second-order valence-electron chi connectivity index (χ2n) is 8.11. The minimum Gasteiger partial charge on any atom is -0.486 e. The van der Waals surface area contributed by atoms with Gasteiger partial charge in [0.1, 0.15) is 13.2 Å². The zero-order valence-electron chi connectivity index (χ0n) is 17.3. The van der Waals surface area contributed by atoms with E-state index in [-0.39, 0.29) is 15.9 Å². The quantitative estimate of drug-likeness (QED) is 0.745. The van der Waals surface area contributed by atoms with E-state index >= 15 is 0 Å². The average molecular weight is 419 g/mol. The summed E-state index contributed by atoms with van der Waals surface area (Å²) in [6.45, 7) is 10.6. The predicted octanol–water partition coefficient (Wildman–Crippen LogP) is 3.00. The Bertz CT molecular complexity index is 1030. The van der Waals surface area contributed by atoms with Gasteiger partial charge in [-0.15, -0.1) is 4.83 Å². The van der Waals surface area contributed by atoms with Crippen LogP contribution in [0.3, 0.4) is 0 Å². The molecule has 8 heteroatoms. The van der Waals surface area contributed by atoms with Gasteiger partial charge in [0, 0.05) is 5.56 Å². The summed E-state index contributed by atoms with van der Waals surface area (Å²) < 4.78 is 36.5. The fourth-order valence-electron chi connectivity index (χ4n) is 3.23. The first kappa shape index (κ1) is 21.1. The molecule has 1 aliphatic rings. The molecule has 29 heavy (non-hydrogen) atoms. The molecule has 156 valence electrons. The Labute approximate surface area is 171 Å².